The molecule has 2 heterocycles. The Kier molecular flexibility index (Phi) is 4.96. The number of ether oxygens (including phenoxy) is 1. The molecule has 28 heavy (non-hydrogen) atoms. The number of benzene rings is 1. The zero-order chi connectivity index (χ0) is 20.4. The zero-order valence-electron chi connectivity index (χ0n) is 13.8. The summed E-state index contributed by atoms with van der Waals surface area (Å²) in [6.45, 7) is 0. The summed E-state index contributed by atoms with van der Waals surface area (Å²) in [5.74, 6) is -3.27. The van der Waals surface area contributed by atoms with Gasteiger partial charge in [-0.2, -0.15) is 0 Å². The molecule has 0 fully saturated rings. The lowest BCUT2D eigenvalue weighted by molar-refractivity contribution is 0.0695. The number of nitrogens with one attached hydrogen (secondary N) is 1. The Morgan fingerprint density at radius 2 is 1.79 bits per heavy atom. The number of carboxylic acids is 2. The monoisotopic (exact) mass is 402 g/mol. The average molecular weight is 403 g/mol. The second kappa shape index (κ2) is 7.37. The van der Waals surface area contributed by atoms with E-state index in [0.29, 0.717) is 0 Å². The van der Waals surface area contributed by atoms with Gasteiger partial charge in [0.1, 0.15) is 22.7 Å². The van der Waals surface area contributed by atoms with E-state index in [0.717, 1.165) is 0 Å². The summed E-state index contributed by atoms with van der Waals surface area (Å²) >= 11 is 5.66. The molecule has 0 unspecified atom stereocenters. The molecule has 0 spiro atoms. The van der Waals surface area contributed by atoms with Gasteiger partial charge in [-0.05, 0) is 23.8 Å². The number of halogens is 1. The highest BCUT2D eigenvalue weighted by Gasteiger charge is 2.26. The molecule has 5 N–H and O–H groups in total. The molecule has 0 saturated carbocycles. The molecule has 0 aliphatic rings. The van der Waals surface area contributed by atoms with E-state index >= 15 is 0 Å². The predicted molar refractivity (Wildman–Crippen MR) is 97.9 cm³/mol. The van der Waals surface area contributed by atoms with E-state index in [2.05, 4.69) is 10.2 Å². The van der Waals surface area contributed by atoms with Gasteiger partial charge in [-0.25, -0.2) is 9.59 Å². The summed E-state index contributed by atoms with van der Waals surface area (Å²) < 4.78 is 5.51. The van der Waals surface area contributed by atoms with Gasteiger partial charge in [-0.15, -0.1) is 10.2 Å². The number of aromatic nitrogens is 3. The van der Waals surface area contributed by atoms with E-state index < -0.39 is 34.4 Å². The molecule has 10 nitrogen and oxygen atoms in total. The van der Waals surface area contributed by atoms with Crippen LogP contribution in [0.2, 0.25) is 5.15 Å². The van der Waals surface area contributed by atoms with Crippen molar-refractivity contribution in [1.82, 2.24) is 15.2 Å². The molecule has 0 saturated heterocycles. The van der Waals surface area contributed by atoms with Crippen LogP contribution in [-0.2, 0) is 0 Å². The molecule has 0 atom stereocenters. The van der Waals surface area contributed by atoms with E-state index in [4.69, 9.17) is 22.1 Å². The third kappa shape index (κ3) is 3.62. The second-order valence-corrected chi connectivity index (χ2v) is 5.81. The molecule has 0 aliphatic carbocycles. The molecule has 3 aromatic rings. The smallest absolute Gasteiger partial charge is 0.342 e. The molecule has 11 heteroatoms. The standard InChI is InChI=1S/C17H11ClN4O6/c18-9-4-5-10(22-21-9)28-8-3-1-2-7(6-8)11-12(16(24)25)14(19)20-15(23)13(11)17(26)27/h1-6H,(H,24,25)(H,26,27)(H3,19,20,23). The number of carbonyl (C=O) groups is 2. The summed E-state index contributed by atoms with van der Waals surface area (Å²) in [6, 6.07) is 8.70. The lowest BCUT2D eigenvalue weighted by Crippen LogP contribution is -2.24. The fraction of sp³-hybridized carbons (Fsp3) is 0. The number of nitrogens with zero attached hydrogens (tertiary/aromatic N) is 2. The van der Waals surface area contributed by atoms with Gasteiger partial charge in [0, 0.05) is 11.6 Å². The number of aromatic amines is 1. The van der Waals surface area contributed by atoms with Crippen LogP contribution in [0, 0.1) is 0 Å². The quantitative estimate of drug-likeness (QED) is 0.499. The van der Waals surface area contributed by atoms with Crippen LogP contribution in [0.25, 0.3) is 11.1 Å². The van der Waals surface area contributed by atoms with Gasteiger partial charge in [0.15, 0.2) is 5.15 Å². The first-order valence-corrected chi connectivity index (χ1v) is 7.95. The minimum atomic E-state index is -1.60. The molecule has 2 aromatic heterocycles. The summed E-state index contributed by atoms with van der Waals surface area (Å²) in [5.41, 5.74) is 3.05. The van der Waals surface area contributed by atoms with Crippen LogP contribution in [0.15, 0.2) is 41.2 Å². The largest absolute Gasteiger partial charge is 0.478 e. The molecular formula is C17H11ClN4O6. The number of carboxylic acid groups (broad SMARTS) is 2. The fourth-order valence-corrected chi connectivity index (χ4v) is 2.63. The molecule has 1 aromatic carbocycles. The first kappa shape index (κ1) is 18.9. The van der Waals surface area contributed by atoms with Crippen LogP contribution in [0.3, 0.4) is 0 Å². The first-order chi connectivity index (χ1) is 13.3. The van der Waals surface area contributed by atoms with E-state index in [1.807, 2.05) is 4.98 Å². The molecule has 3 rings (SSSR count). The summed E-state index contributed by atoms with van der Waals surface area (Å²) in [4.78, 5) is 37.4. The zero-order valence-corrected chi connectivity index (χ0v) is 14.6. The van der Waals surface area contributed by atoms with Crippen molar-refractivity contribution < 1.29 is 24.5 Å². The third-order valence-electron chi connectivity index (χ3n) is 3.62. The number of hydrogen-bond acceptors (Lipinski definition) is 7. The number of aromatic carboxylic acids is 2. The van der Waals surface area contributed by atoms with E-state index in [-0.39, 0.29) is 27.9 Å². The van der Waals surface area contributed by atoms with E-state index in [1.165, 1.54) is 36.4 Å². The fourth-order valence-electron chi connectivity index (χ4n) is 2.53. The highest BCUT2D eigenvalue weighted by Crippen LogP contribution is 2.32. The molecule has 0 radical (unpaired) electrons. The average Bonchev–Trinajstić information content (AvgIpc) is 2.62. The van der Waals surface area contributed by atoms with Gasteiger partial charge in [-0.1, -0.05) is 23.7 Å². The van der Waals surface area contributed by atoms with E-state index in [9.17, 15) is 24.6 Å². The second-order valence-electron chi connectivity index (χ2n) is 5.43. The Labute approximate surface area is 161 Å². The topological polar surface area (TPSA) is 168 Å². The van der Waals surface area contributed by atoms with Crippen LogP contribution in [0.1, 0.15) is 20.7 Å². The summed E-state index contributed by atoms with van der Waals surface area (Å²) in [7, 11) is 0. The van der Waals surface area contributed by atoms with Gasteiger partial charge in [0.05, 0.1) is 0 Å². The molecule has 0 amide bonds. The first-order valence-electron chi connectivity index (χ1n) is 7.57. The van der Waals surface area contributed by atoms with Gasteiger partial charge >= 0.3 is 11.9 Å². The normalized spacial score (nSPS) is 10.5. The van der Waals surface area contributed by atoms with Crippen molar-refractivity contribution in [1.29, 1.82) is 0 Å². The van der Waals surface area contributed by atoms with Crippen molar-refractivity contribution in [2.45, 2.75) is 0 Å². The number of hydrogen-bond donors (Lipinski definition) is 4. The lowest BCUT2D eigenvalue weighted by atomic mass is 9.95. The number of H-pyrrole nitrogens is 1. The highest BCUT2D eigenvalue weighted by molar-refractivity contribution is 6.29. The van der Waals surface area contributed by atoms with Crippen molar-refractivity contribution in [3.63, 3.8) is 0 Å². The SMILES string of the molecule is Nc1[nH]c(=O)c(C(=O)O)c(-c2cccc(Oc3ccc(Cl)nn3)c2)c1C(=O)O. The maximum Gasteiger partial charge on any atom is 0.342 e. The van der Waals surface area contributed by atoms with Gasteiger partial charge in [0.2, 0.25) is 5.88 Å². The minimum absolute atomic E-state index is 0.101. The van der Waals surface area contributed by atoms with Crippen molar-refractivity contribution >= 4 is 29.4 Å². The van der Waals surface area contributed by atoms with Crippen LogP contribution >= 0.6 is 11.6 Å². The van der Waals surface area contributed by atoms with Crippen molar-refractivity contribution in [3.05, 3.63) is 63.0 Å². The van der Waals surface area contributed by atoms with Crippen molar-refractivity contribution in [3.8, 4) is 22.8 Å². The third-order valence-corrected chi connectivity index (χ3v) is 3.83. The highest BCUT2D eigenvalue weighted by atomic mass is 35.5. The number of rotatable bonds is 5. The number of nitrogens with two attached hydrogens (primary N) is 1. The predicted octanol–water partition coefficient (Wildman–Crippen LogP) is 2.26. The van der Waals surface area contributed by atoms with Crippen molar-refractivity contribution in [2.75, 3.05) is 5.73 Å². The molecule has 142 valence electrons. The summed E-state index contributed by atoms with van der Waals surface area (Å²) in [5, 5.41) is 26.4. The number of pyridine rings is 1. The van der Waals surface area contributed by atoms with Crippen LogP contribution < -0.4 is 16.0 Å². The Balaban J connectivity index is 2.18. The Hall–Kier alpha value is -3.92. The Morgan fingerprint density at radius 3 is 2.39 bits per heavy atom. The van der Waals surface area contributed by atoms with Gasteiger partial charge < -0.3 is 25.7 Å². The number of nitrogen functional groups attached to an aromatic ring is 1. The van der Waals surface area contributed by atoms with E-state index in [1.54, 1.807) is 0 Å². The van der Waals surface area contributed by atoms with Crippen LogP contribution in [0.5, 0.6) is 11.6 Å². The maximum atomic E-state index is 12.1. The molecule has 0 aliphatic heterocycles. The number of anilines is 1. The minimum Gasteiger partial charge on any atom is -0.478 e. The van der Waals surface area contributed by atoms with Crippen molar-refractivity contribution in [2.24, 2.45) is 0 Å². The summed E-state index contributed by atoms with van der Waals surface area (Å²) in [6.07, 6.45) is 0. The van der Waals surface area contributed by atoms with Crippen LogP contribution in [-0.4, -0.2) is 37.3 Å². The molecule has 0 bridgehead atoms. The maximum absolute atomic E-state index is 12.1. The Bertz CT molecular complexity index is 1140. The lowest BCUT2D eigenvalue weighted by Gasteiger charge is -2.13. The van der Waals surface area contributed by atoms with Gasteiger partial charge in [0.25, 0.3) is 5.56 Å². The Morgan fingerprint density at radius 1 is 1.07 bits per heavy atom. The van der Waals surface area contributed by atoms with Crippen LogP contribution in [0.4, 0.5) is 5.82 Å². The van der Waals surface area contributed by atoms with Gasteiger partial charge in [-0.3, -0.25) is 4.79 Å². The molecular weight excluding hydrogens is 392 g/mol.